The topological polar surface area (TPSA) is 99.2 Å². The van der Waals surface area contributed by atoms with Gasteiger partial charge in [-0.1, -0.05) is 30.3 Å². The average molecular weight is 462 g/mol. The number of likely N-dealkylation sites (N-methyl/N-ethyl adjacent to an activating group) is 1. The highest BCUT2D eigenvalue weighted by molar-refractivity contribution is 7.91. The third-order valence-corrected chi connectivity index (χ3v) is 7.12. The van der Waals surface area contributed by atoms with Gasteiger partial charge in [0.1, 0.15) is 6.61 Å². The highest BCUT2D eigenvalue weighted by Gasteiger charge is 2.35. The Morgan fingerprint density at radius 3 is 2.47 bits per heavy atom. The van der Waals surface area contributed by atoms with Gasteiger partial charge in [0, 0.05) is 13.1 Å². The first-order valence-corrected chi connectivity index (χ1v) is 12.0. The van der Waals surface area contributed by atoms with E-state index in [1.165, 1.54) is 38.1 Å². The van der Waals surface area contributed by atoms with Crippen molar-refractivity contribution in [3.63, 3.8) is 0 Å². The predicted octanol–water partition coefficient (Wildman–Crippen LogP) is 2.46. The number of rotatable bonds is 8. The molecule has 1 aliphatic heterocycles. The van der Waals surface area contributed by atoms with E-state index in [0.717, 1.165) is 5.56 Å². The largest absolute Gasteiger partial charge is 0.493 e. The van der Waals surface area contributed by atoms with Crippen molar-refractivity contribution >= 4 is 21.7 Å². The van der Waals surface area contributed by atoms with Gasteiger partial charge in [0.25, 0.3) is 5.91 Å². The molecule has 32 heavy (non-hydrogen) atoms. The first-order chi connectivity index (χ1) is 15.2. The predicted molar refractivity (Wildman–Crippen MR) is 118 cm³/mol. The van der Waals surface area contributed by atoms with Crippen molar-refractivity contribution < 1.29 is 32.2 Å². The molecule has 1 fully saturated rings. The molecule has 1 saturated heterocycles. The van der Waals surface area contributed by atoms with Crippen LogP contribution < -0.4 is 9.47 Å². The van der Waals surface area contributed by atoms with Gasteiger partial charge in [0.2, 0.25) is 0 Å². The van der Waals surface area contributed by atoms with Crippen LogP contribution in [0.5, 0.6) is 11.5 Å². The van der Waals surface area contributed by atoms with E-state index in [4.69, 9.17) is 14.2 Å². The zero-order valence-electron chi connectivity index (χ0n) is 18.3. The highest BCUT2D eigenvalue weighted by atomic mass is 32.2. The van der Waals surface area contributed by atoms with E-state index in [1.807, 2.05) is 30.3 Å². The van der Waals surface area contributed by atoms with Crippen LogP contribution in [0.1, 0.15) is 29.3 Å². The maximum absolute atomic E-state index is 12.6. The molecule has 8 nitrogen and oxygen atoms in total. The van der Waals surface area contributed by atoms with Crippen LogP contribution in [-0.2, 0) is 26.0 Å². The van der Waals surface area contributed by atoms with Crippen molar-refractivity contribution in [2.75, 3.05) is 25.7 Å². The second-order valence-corrected chi connectivity index (χ2v) is 9.92. The Labute approximate surface area is 188 Å². The lowest BCUT2D eigenvalue weighted by Crippen LogP contribution is -2.44. The van der Waals surface area contributed by atoms with Gasteiger partial charge in [-0.2, -0.15) is 0 Å². The molecule has 0 radical (unpaired) electrons. The van der Waals surface area contributed by atoms with E-state index < -0.39 is 33.9 Å². The summed E-state index contributed by atoms with van der Waals surface area (Å²) in [7, 11) is -0.131. The summed E-state index contributed by atoms with van der Waals surface area (Å²) in [6.07, 6.45) is -0.678. The molecular weight excluding hydrogens is 434 g/mol. The minimum absolute atomic E-state index is 0.0575. The molecule has 2 atom stereocenters. The van der Waals surface area contributed by atoms with E-state index in [9.17, 15) is 18.0 Å². The summed E-state index contributed by atoms with van der Waals surface area (Å²) in [6, 6.07) is 13.9. The smallest absolute Gasteiger partial charge is 0.339 e. The SMILES string of the molecule is COc1cc(C(=O)O[C@@H](C)C(=O)N(C)[C@@H]2CCS(=O)(=O)C2)ccc1OCc1ccccc1. The molecule has 0 N–H and O–H groups in total. The van der Waals surface area contributed by atoms with Crippen LogP contribution in [0.2, 0.25) is 0 Å². The number of benzene rings is 2. The zero-order chi connectivity index (χ0) is 23.3. The molecular formula is C23H27NO7S. The maximum atomic E-state index is 12.6. The van der Waals surface area contributed by atoms with Crippen LogP contribution >= 0.6 is 0 Å². The van der Waals surface area contributed by atoms with Crippen molar-refractivity contribution in [2.24, 2.45) is 0 Å². The number of methoxy groups -OCH3 is 1. The van der Waals surface area contributed by atoms with Crippen molar-refractivity contribution in [3.05, 3.63) is 59.7 Å². The summed E-state index contributed by atoms with van der Waals surface area (Å²) in [5, 5.41) is 0. The first kappa shape index (κ1) is 23.6. The van der Waals surface area contributed by atoms with Gasteiger partial charge in [0.15, 0.2) is 27.4 Å². The molecule has 0 bridgehead atoms. The van der Waals surface area contributed by atoms with Gasteiger partial charge in [-0.15, -0.1) is 0 Å². The molecule has 172 valence electrons. The fourth-order valence-electron chi connectivity index (χ4n) is 3.48. The van der Waals surface area contributed by atoms with E-state index in [2.05, 4.69) is 0 Å². The minimum Gasteiger partial charge on any atom is -0.493 e. The summed E-state index contributed by atoms with van der Waals surface area (Å²) in [5.74, 6) is -0.317. The molecule has 0 saturated carbocycles. The second kappa shape index (κ2) is 10.0. The summed E-state index contributed by atoms with van der Waals surface area (Å²) in [5.41, 5.74) is 1.20. The van der Waals surface area contributed by atoms with Crippen molar-refractivity contribution in [1.29, 1.82) is 0 Å². The molecule has 1 amide bonds. The van der Waals surface area contributed by atoms with Gasteiger partial charge < -0.3 is 19.1 Å². The lowest BCUT2D eigenvalue weighted by molar-refractivity contribution is -0.140. The van der Waals surface area contributed by atoms with Gasteiger partial charge in [-0.3, -0.25) is 4.79 Å². The Bertz CT molecular complexity index is 1070. The number of hydrogen-bond donors (Lipinski definition) is 0. The van der Waals surface area contributed by atoms with Crippen LogP contribution in [0, 0.1) is 0 Å². The van der Waals surface area contributed by atoms with Gasteiger partial charge >= 0.3 is 5.97 Å². The maximum Gasteiger partial charge on any atom is 0.339 e. The molecule has 1 aliphatic rings. The number of sulfone groups is 1. The Morgan fingerprint density at radius 1 is 1.12 bits per heavy atom. The average Bonchev–Trinajstić information content (AvgIpc) is 3.16. The van der Waals surface area contributed by atoms with Crippen molar-refractivity contribution in [3.8, 4) is 11.5 Å². The summed E-state index contributed by atoms with van der Waals surface area (Å²) in [4.78, 5) is 26.5. The molecule has 0 aliphatic carbocycles. The Hall–Kier alpha value is -3.07. The number of carbonyl (C=O) groups is 2. The van der Waals surface area contributed by atoms with Crippen molar-refractivity contribution in [2.45, 2.75) is 32.1 Å². The highest BCUT2D eigenvalue weighted by Crippen LogP contribution is 2.29. The fourth-order valence-corrected chi connectivity index (χ4v) is 5.25. The fraction of sp³-hybridized carbons (Fsp3) is 0.391. The lowest BCUT2D eigenvalue weighted by Gasteiger charge is -2.26. The van der Waals surface area contributed by atoms with Crippen LogP contribution in [0.15, 0.2) is 48.5 Å². The molecule has 1 heterocycles. The zero-order valence-corrected chi connectivity index (χ0v) is 19.1. The molecule has 0 unspecified atom stereocenters. The molecule has 0 aromatic heterocycles. The van der Waals surface area contributed by atoms with Crippen LogP contribution in [0.4, 0.5) is 0 Å². The van der Waals surface area contributed by atoms with E-state index in [1.54, 1.807) is 6.07 Å². The number of hydrogen-bond acceptors (Lipinski definition) is 7. The number of ether oxygens (including phenoxy) is 3. The standard InChI is InChI=1S/C23H27NO7S/c1-16(22(25)24(2)19-11-12-32(27,28)15-19)31-23(26)18-9-10-20(21(13-18)29-3)30-14-17-7-5-4-6-8-17/h4-10,13,16,19H,11-12,14-15H2,1-3H3/t16-,19+/m0/s1. The normalized spacial score (nSPS) is 17.9. The quantitative estimate of drug-likeness (QED) is 0.557. The molecule has 9 heteroatoms. The number of nitrogens with zero attached hydrogens (tertiary/aromatic N) is 1. The van der Waals surface area contributed by atoms with Crippen LogP contribution in [0.25, 0.3) is 0 Å². The Morgan fingerprint density at radius 2 is 1.84 bits per heavy atom. The molecule has 0 spiro atoms. The second-order valence-electron chi connectivity index (χ2n) is 7.69. The van der Waals surface area contributed by atoms with Gasteiger partial charge in [0.05, 0.1) is 24.2 Å². The van der Waals surface area contributed by atoms with Crippen molar-refractivity contribution in [1.82, 2.24) is 4.90 Å². The summed E-state index contributed by atoms with van der Waals surface area (Å²) in [6.45, 7) is 1.81. The first-order valence-electron chi connectivity index (χ1n) is 10.2. The monoisotopic (exact) mass is 461 g/mol. The van der Waals surface area contributed by atoms with E-state index >= 15 is 0 Å². The lowest BCUT2D eigenvalue weighted by atomic mass is 10.2. The molecule has 3 rings (SSSR count). The third-order valence-electron chi connectivity index (χ3n) is 5.37. The minimum atomic E-state index is -3.13. The third kappa shape index (κ3) is 5.79. The number of amides is 1. The molecule has 2 aromatic rings. The Balaban J connectivity index is 1.62. The number of carbonyl (C=O) groups excluding carboxylic acids is 2. The number of esters is 1. The van der Waals surface area contributed by atoms with E-state index in [-0.39, 0.29) is 17.1 Å². The van der Waals surface area contributed by atoms with Gasteiger partial charge in [-0.05, 0) is 37.1 Å². The molecule has 2 aromatic carbocycles. The summed E-state index contributed by atoms with van der Waals surface area (Å²) >= 11 is 0. The van der Waals surface area contributed by atoms with Crippen LogP contribution in [0.3, 0.4) is 0 Å². The van der Waals surface area contributed by atoms with E-state index in [0.29, 0.717) is 24.5 Å². The summed E-state index contributed by atoms with van der Waals surface area (Å²) < 4.78 is 39.8. The van der Waals surface area contributed by atoms with Gasteiger partial charge in [-0.25, -0.2) is 13.2 Å². The Kier molecular flexibility index (Phi) is 7.40. The van der Waals surface area contributed by atoms with Crippen LogP contribution in [-0.4, -0.2) is 63.0 Å².